The average molecular weight is 271 g/mol. The lowest BCUT2D eigenvalue weighted by Gasteiger charge is -2.30. The number of halogens is 1. The zero-order valence-electron chi connectivity index (χ0n) is 10.6. The molecule has 0 radical (unpaired) electrons. The largest absolute Gasteiger partial charge is 0.497 e. The van der Waals surface area contributed by atoms with Gasteiger partial charge in [0.25, 0.3) is 0 Å². The molecule has 0 saturated carbocycles. The van der Waals surface area contributed by atoms with E-state index < -0.39 is 0 Å². The SMILES string of the molecule is CNC(c1ccc(OC)cc1F)C1CSCCO1. The molecule has 1 aromatic rings. The minimum absolute atomic E-state index is 0.0108. The van der Waals surface area contributed by atoms with Gasteiger partial charge in [-0.1, -0.05) is 6.07 Å². The number of hydrogen-bond donors (Lipinski definition) is 1. The Bertz CT molecular complexity index is 397. The smallest absolute Gasteiger partial charge is 0.131 e. The number of benzene rings is 1. The molecule has 2 unspecified atom stereocenters. The quantitative estimate of drug-likeness (QED) is 0.909. The van der Waals surface area contributed by atoms with Crippen LogP contribution in [0.3, 0.4) is 0 Å². The Morgan fingerprint density at radius 1 is 1.56 bits per heavy atom. The molecule has 0 bridgehead atoms. The van der Waals surface area contributed by atoms with E-state index >= 15 is 0 Å². The lowest BCUT2D eigenvalue weighted by Crippen LogP contribution is -2.37. The van der Waals surface area contributed by atoms with Gasteiger partial charge in [-0.15, -0.1) is 0 Å². The topological polar surface area (TPSA) is 30.5 Å². The molecular formula is C13H18FNO2S. The van der Waals surface area contributed by atoms with Gasteiger partial charge in [0.1, 0.15) is 11.6 Å². The summed E-state index contributed by atoms with van der Waals surface area (Å²) in [6.07, 6.45) is 0.0108. The van der Waals surface area contributed by atoms with Gasteiger partial charge >= 0.3 is 0 Å². The fourth-order valence-corrected chi connectivity index (χ4v) is 3.03. The first-order valence-corrected chi connectivity index (χ1v) is 7.11. The molecule has 2 atom stereocenters. The number of methoxy groups -OCH3 is 1. The van der Waals surface area contributed by atoms with Gasteiger partial charge in [-0.2, -0.15) is 11.8 Å². The summed E-state index contributed by atoms with van der Waals surface area (Å²) < 4.78 is 24.8. The van der Waals surface area contributed by atoms with Crippen molar-refractivity contribution in [2.75, 3.05) is 32.3 Å². The van der Waals surface area contributed by atoms with Crippen LogP contribution < -0.4 is 10.1 Å². The summed E-state index contributed by atoms with van der Waals surface area (Å²) >= 11 is 1.84. The monoisotopic (exact) mass is 271 g/mol. The molecule has 2 rings (SSSR count). The second-order valence-corrected chi connectivity index (χ2v) is 5.29. The van der Waals surface area contributed by atoms with E-state index in [1.54, 1.807) is 12.1 Å². The summed E-state index contributed by atoms with van der Waals surface area (Å²) in [4.78, 5) is 0. The Hall–Kier alpha value is -0.780. The first kappa shape index (κ1) is 13.6. The Balaban J connectivity index is 2.20. The first-order chi connectivity index (χ1) is 8.76. The van der Waals surface area contributed by atoms with Crippen molar-refractivity contribution in [3.8, 4) is 5.75 Å². The Kier molecular flexibility index (Phi) is 4.86. The fraction of sp³-hybridized carbons (Fsp3) is 0.538. The molecule has 1 heterocycles. The van der Waals surface area contributed by atoms with Crippen molar-refractivity contribution in [1.82, 2.24) is 5.32 Å². The van der Waals surface area contributed by atoms with Crippen molar-refractivity contribution in [3.63, 3.8) is 0 Å². The van der Waals surface area contributed by atoms with Gasteiger partial charge in [0, 0.05) is 23.1 Å². The van der Waals surface area contributed by atoms with Crippen LogP contribution in [0.4, 0.5) is 4.39 Å². The molecule has 0 aromatic heterocycles. The van der Waals surface area contributed by atoms with Crippen molar-refractivity contribution in [3.05, 3.63) is 29.6 Å². The highest BCUT2D eigenvalue weighted by Gasteiger charge is 2.27. The summed E-state index contributed by atoms with van der Waals surface area (Å²) in [5.74, 6) is 2.17. The Morgan fingerprint density at radius 3 is 2.94 bits per heavy atom. The number of rotatable bonds is 4. The van der Waals surface area contributed by atoms with Gasteiger partial charge in [-0.3, -0.25) is 0 Å². The maximum atomic E-state index is 14.0. The van der Waals surface area contributed by atoms with E-state index in [0.29, 0.717) is 11.3 Å². The predicted octanol–water partition coefficient (Wildman–Crippen LogP) is 2.23. The van der Waals surface area contributed by atoms with E-state index in [9.17, 15) is 4.39 Å². The van der Waals surface area contributed by atoms with Gasteiger partial charge in [-0.25, -0.2) is 4.39 Å². The molecule has 100 valence electrons. The van der Waals surface area contributed by atoms with Gasteiger partial charge in [0.05, 0.1) is 25.9 Å². The Labute approximate surface area is 111 Å². The van der Waals surface area contributed by atoms with Crippen LogP contribution in [0.2, 0.25) is 0 Å². The molecule has 3 nitrogen and oxygen atoms in total. The zero-order valence-corrected chi connectivity index (χ0v) is 11.4. The van der Waals surface area contributed by atoms with Crippen molar-refractivity contribution >= 4 is 11.8 Å². The predicted molar refractivity (Wildman–Crippen MR) is 71.8 cm³/mol. The number of likely N-dealkylation sites (N-methyl/N-ethyl adjacent to an activating group) is 1. The number of ether oxygens (including phenoxy) is 2. The summed E-state index contributed by atoms with van der Waals surface area (Å²) in [7, 11) is 3.36. The third-order valence-electron chi connectivity index (χ3n) is 3.07. The lowest BCUT2D eigenvalue weighted by molar-refractivity contribution is 0.0479. The van der Waals surface area contributed by atoms with Crippen molar-refractivity contribution < 1.29 is 13.9 Å². The molecule has 18 heavy (non-hydrogen) atoms. The molecular weight excluding hydrogens is 253 g/mol. The van der Waals surface area contributed by atoms with Crippen LogP contribution >= 0.6 is 11.8 Å². The number of thioether (sulfide) groups is 1. The highest BCUT2D eigenvalue weighted by atomic mass is 32.2. The number of nitrogens with one attached hydrogen (secondary N) is 1. The highest BCUT2D eigenvalue weighted by molar-refractivity contribution is 7.99. The fourth-order valence-electron chi connectivity index (χ4n) is 2.13. The normalized spacial score (nSPS) is 21.6. The molecule has 1 aliphatic heterocycles. The van der Waals surface area contributed by atoms with Gasteiger partial charge in [0.15, 0.2) is 0 Å². The van der Waals surface area contributed by atoms with Crippen LogP contribution in [0, 0.1) is 5.82 Å². The van der Waals surface area contributed by atoms with E-state index in [1.165, 1.54) is 13.2 Å². The minimum Gasteiger partial charge on any atom is -0.497 e. The third kappa shape index (κ3) is 2.96. The molecule has 0 amide bonds. The van der Waals surface area contributed by atoms with E-state index in [-0.39, 0.29) is 18.0 Å². The van der Waals surface area contributed by atoms with Gasteiger partial charge in [-0.05, 0) is 13.1 Å². The minimum atomic E-state index is -0.257. The Morgan fingerprint density at radius 2 is 2.39 bits per heavy atom. The summed E-state index contributed by atoms with van der Waals surface area (Å²) in [5, 5.41) is 3.15. The third-order valence-corrected chi connectivity index (χ3v) is 4.09. The van der Waals surface area contributed by atoms with Crippen LogP contribution in [0.25, 0.3) is 0 Å². The van der Waals surface area contributed by atoms with Crippen molar-refractivity contribution in [1.29, 1.82) is 0 Å². The van der Waals surface area contributed by atoms with Crippen LogP contribution in [-0.4, -0.2) is 38.4 Å². The zero-order chi connectivity index (χ0) is 13.0. The van der Waals surface area contributed by atoms with Gasteiger partial charge < -0.3 is 14.8 Å². The first-order valence-electron chi connectivity index (χ1n) is 5.96. The molecule has 1 N–H and O–H groups in total. The van der Waals surface area contributed by atoms with Crippen LogP contribution in [0.15, 0.2) is 18.2 Å². The van der Waals surface area contributed by atoms with Crippen LogP contribution in [0.1, 0.15) is 11.6 Å². The maximum absolute atomic E-state index is 14.0. The average Bonchev–Trinajstić information content (AvgIpc) is 2.42. The molecule has 5 heteroatoms. The standard InChI is InChI=1S/C13H18FNO2S/c1-15-13(12-8-18-6-5-17-12)10-4-3-9(16-2)7-11(10)14/h3-4,7,12-13,15H,5-6,8H2,1-2H3. The number of hydrogen-bond acceptors (Lipinski definition) is 4. The van der Waals surface area contributed by atoms with E-state index in [2.05, 4.69) is 5.32 Å². The van der Waals surface area contributed by atoms with E-state index in [1.807, 2.05) is 18.8 Å². The van der Waals surface area contributed by atoms with E-state index in [4.69, 9.17) is 9.47 Å². The molecule has 0 aliphatic carbocycles. The summed E-state index contributed by atoms with van der Waals surface area (Å²) in [6.45, 7) is 0.727. The van der Waals surface area contributed by atoms with Crippen molar-refractivity contribution in [2.24, 2.45) is 0 Å². The molecule has 1 aliphatic rings. The highest BCUT2D eigenvalue weighted by Crippen LogP contribution is 2.28. The summed E-state index contributed by atoms with van der Waals surface area (Å²) in [6, 6.07) is 4.83. The maximum Gasteiger partial charge on any atom is 0.131 e. The van der Waals surface area contributed by atoms with Gasteiger partial charge in [0.2, 0.25) is 0 Å². The summed E-state index contributed by atoms with van der Waals surface area (Å²) in [5.41, 5.74) is 0.630. The molecule has 1 saturated heterocycles. The molecule has 1 aromatic carbocycles. The molecule has 0 spiro atoms. The van der Waals surface area contributed by atoms with Crippen LogP contribution in [0.5, 0.6) is 5.75 Å². The lowest BCUT2D eigenvalue weighted by atomic mass is 10.0. The van der Waals surface area contributed by atoms with Crippen molar-refractivity contribution in [2.45, 2.75) is 12.1 Å². The van der Waals surface area contributed by atoms with Crippen LogP contribution in [-0.2, 0) is 4.74 Å². The second kappa shape index (κ2) is 6.41. The molecule has 1 fully saturated rings. The second-order valence-electron chi connectivity index (χ2n) is 4.14. The van der Waals surface area contributed by atoms with E-state index in [0.717, 1.165) is 18.1 Å².